The van der Waals surface area contributed by atoms with Gasteiger partial charge in [-0.15, -0.1) is 0 Å². The number of thioether (sulfide) groups is 1. The van der Waals surface area contributed by atoms with Crippen molar-refractivity contribution in [2.45, 2.75) is 24.3 Å². The van der Waals surface area contributed by atoms with Crippen LogP contribution in [0.25, 0.3) is 0 Å². The van der Waals surface area contributed by atoms with Crippen molar-refractivity contribution in [3.8, 4) is 0 Å². The number of aromatic carboxylic acids is 1. The molecule has 2 rings (SSSR count). The summed E-state index contributed by atoms with van der Waals surface area (Å²) in [6.07, 6.45) is 0. The van der Waals surface area contributed by atoms with E-state index in [0.717, 1.165) is 13.1 Å². The topological polar surface area (TPSA) is 83.7 Å². The van der Waals surface area contributed by atoms with Gasteiger partial charge in [0, 0.05) is 35.3 Å². The van der Waals surface area contributed by atoms with Gasteiger partial charge in [0.25, 0.3) is 5.69 Å². The second-order valence-electron chi connectivity index (χ2n) is 4.93. The summed E-state index contributed by atoms with van der Waals surface area (Å²) >= 11 is 1.89. The van der Waals surface area contributed by atoms with Gasteiger partial charge in [-0.2, -0.15) is 11.8 Å². The van der Waals surface area contributed by atoms with Crippen molar-refractivity contribution in [2.24, 2.45) is 0 Å². The molecular weight excluding hydrogens is 280 g/mol. The van der Waals surface area contributed by atoms with Crippen molar-refractivity contribution >= 4 is 29.1 Å². The third-order valence-corrected chi connectivity index (χ3v) is 4.42. The van der Waals surface area contributed by atoms with Crippen molar-refractivity contribution in [1.82, 2.24) is 0 Å². The first-order chi connectivity index (χ1) is 9.38. The van der Waals surface area contributed by atoms with Gasteiger partial charge in [-0.1, -0.05) is 13.8 Å². The van der Waals surface area contributed by atoms with Crippen LogP contribution < -0.4 is 4.90 Å². The zero-order valence-electron chi connectivity index (χ0n) is 11.3. The maximum Gasteiger partial charge on any atom is 0.342 e. The van der Waals surface area contributed by atoms with E-state index in [4.69, 9.17) is 5.11 Å². The summed E-state index contributed by atoms with van der Waals surface area (Å²) in [6, 6.07) is 4.32. The van der Waals surface area contributed by atoms with Crippen molar-refractivity contribution in [1.29, 1.82) is 0 Å². The molecule has 0 radical (unpaired) electrons. The molecule has 2 atom stereocenters. The molecule has 0 saturated carbocycles. The molecule has 6 nitrogen and oxygen atoms in total. The average Bonchev–Trinajstić information content (AvgIpc) is 2.36. The molecule has 1 saturated heterocycles. The summed E-state index contributed by atoms with van der Waals surface area (Å²) in [6.45, 7) is 5.85. The highest BCUT2D eigenvalue weighted by molar-refractivity contribution is 8.00. The van der Waals surface area contributed by atoms with E-state index in [2.05, 4.69) is 18.7 Å². The number of benzene rings is 1. The Morgan fingerprint density at radius 3 is 2.50 bits per heavy atom. The summed E-state index contributed by atoms with van der Waals surface area (Å²) in [4.78, 5) is 23.4. The minimum atomic E-state index is -1.28. The number of anilines is 1. The highest BCUT2D eigenvalue weighted by Crippen LogP contribution is 2.31. The number of hydrogen-bond donors (Lipinski definition) is 1. The van der Waals surface area contributed by atoms with Crippen LogP contribution in [0.2, 0.25) is 0 Å². The van der Waals surface area contributed by atoms with Gasteiger partial charge in [-0.25, -0.2) is 4.79 Å². The van der Waals surface area contributed by atoms with Crippen LogP contribution in [0.3, 0.4) is 0 Å². The molecule has 0 spiro atoms. The van der Waals surface area contributed by atoms with Crippen LogP contribution in [0.1, 0.15) is 24.2 Å². The molecular formula is C13H16N2O4S. The molecule has 0 aromatic heterocycles. The van der Waals surface area contributed by atoms with Crippen LogP contribution in [0.5, 0.6) is 0 Å². The fraction of sp³-hybridized carbons (Fsp3) is 0.462. The Balaban J connectivity index is 2.36. The largest absolute Gasteiger partial charge is 0.477 e. The van der Waals surface area contributed by atoms with E-state index in [1.807, 2.05) is 11.8 Å². The lowest BCUT2D eigenvalue weighted by Crippen LogP contribution is -2.40. The summed E-state index contributed by atoms with van der Waals surface area (Å²) in [5.41, 5.74) is 0.0838. The van der Waals surface area contributed by atoms with Gasteiger partial charge in [0.05, 0.1) is 4.92 Å². The quantitative estimate of drug-likeness (QED) is 0.682. The van der Waals surface area contributed by atoms with Crippen molar-refractivity contribution in [2.75, 3.05) is 18.0 Å². The van der Waals surface area contributed by atoms with Crippen LogP contribution in [-0.4, -0.2) is 39.6 Å². The molecule has 1 N–H and O–H groups in total. The number of hydrogen-bond acceptors (Lipinski definition) is 5. The molecule has 1 aromatic carbocycles. The summed E-state index contributed by atoms with van der Waals surface area (Å²) in [5.74, 6) is -1.28. The van der Waals surface area contributed by atoms with Crippen molar-refractivity contribution in [3.63, 3.8) is 0 Å². The molecule has 1 aliphatic rings. The molecule has 108 valence electrons. The van der Waals surface area contributed by atoms with E-state index in [1.54, 1.807) is 6.07 Å². The molecule has 1 fully saturated rings. The summed E-state index contributed by atoms with van der Waals surface area (Å²) < 4.78 is 0. The van der Waals surface area contributed by atoms with E-state index >= 15 is 0 Å². The van der Waals surface area contributed by atoms with Crippen LogP contribution in [0.4, 0.5) is 11.4 Å². The molecule has 1 aromatic rings. The number of carboxylic acids is 1. The lowest BCUT2D eigenvalue weighted by molar-refractivity contribution is -0.385. The Kier molecular flexibility index (Phi) is 4.17. The second-order valence-corrected chi connectivity index (χ2v) is 6.81. The number of carbonyl (C=O) groups is 1. The maximum absolute atomic E-state index is 11.0. The van der Waals surface area contributed by atoms with Gasteiger partial charge in [0.2, 0.25) is 0 Å². The minimum absolute atomic E-state index is 0.272. The molecule has 0 amide bonds. The highest BCUT2D eigenvalue weighted by atomic mass is 32.2. The Bertz CT molecular complexity index is 539. The van der Waals surface area contributed by atoms with Crippen LogP contribution in [0.15, 0.2) is 18.2 Å². The molecule has 7 heteroatoms. The van der Waals surface area contributed by atoms with Gasteiger partial charge >= 0.3 is 5.97 Å². The number of nitro groups is 1. The monoisotopic (exact) mass is 296 g/mol. The van der Waals surface area contributed by atoms with E-state index in [1.165, 1.54) is 12.1 Å². The van der Waals surface area contributed by atoms with Crippen molar-refractivity contribution < 1.29 is 14.8 Å². The van der Waals surface area contributed by atoms with E-state index < -0.39 is 10.9 Å². The molecule has 0 bridgehead atoms. The number of rotatable bonds is 3. The first-order valence-electron chi connectivity index (χ1n) is 6.30. The molecule has 1 aliphatic heterocycles. The van der Waals surface area contributed by atoms with Crippen LogP contribution >= 0.6 is 11.8 Å². The minimum Gasteiger partial charge on any atom is -0.477 e. The molecule has 2 unspecified atom stereocenters. The summed E-state index contributed by atoms with van der Waals surface area (Å²) in [5, 5.41) is 20.9. The maximum atomic E-state index is 11.0. The highest BCUT2D eigenvalue weighted by Gasteiger charge is 2.26. The normalized spacial score (nSPS) is 22.6. The predicted molar refractivity (Wildman–Crippen MR) is 78.8 cm³/mol. The fourth-order valence-electron chi connectivity index (χ4n) is 2.44. The van der Waals surface area contributed by atoms with Crippen molar-refractivity contribution in [3.05, 3.63) is 33.9 Å². The lowest BCUT2D eigenvalue weighted by atomic mass is 10.1. The Labute approximate surface area is 120 Å². The van der Waals surface area contributed by atoms with Gasteiger partial charge in [-0.05, 0) is 12.1 Å². The van der Waals surface area contributed by atoms with Crippen LogP contribution in [0, 0.1) is 10.1 Å². The Morgan fingerprint density at radius 2 is 2.00 bits per heavy atom. The fourth-order valence-corrected chi connectivity index (χ4v) is 3.76. The molecule has 20 heavy (non-hydrogen) atoms. The second kappa shape index (κ2) is 5.70. The smallest absolute Gasteiger partial charge is 0.342 e. The van der Waals surface area contributed by atoms with E-state index in [-0.39, 0.29) is 11.3 Å². The van der Waals surface area contributed by atoms with Gasteiger partial charge in [0.1, 0.15) is 5.56 Å². The molecule has 1 heterocycles. The first kappa shape index (κ1) is 14.6. The third-order valence-electron chi connectivity index (χ3n) is 3.19. The van der Waals surface area contributed by atoms with E-state index in [9.17, 15) is 14.9 Å². The number of nitro benzene ring substituents is 1. The van der Waals surface area contributed by atoms with E-state index in [0.29, 0.717) is 16.2 Å². The summed E-state index contributed by atoms with van der Waals surface area (Å²) in [7, 11) is 0. The Morgan fingerprint density at radius 1 is 1.40 bits per heavy atom. The Hall–Kier alpha value is -1.76. The standard InChI is InChI=1S/C13H16N2O4S/c1-8-6-14(7-9(2)20-8)10-3-4-11(13(16)17)12(5-10)15(18)19/h3-5,8-9H,6-7H2,1-2H3,(H,16,17). The SMILES string of the molecule is CC1CN(c2ccc(C(=O)O)c([N+](=O)[O-])c2)CC(C)S1. The van der Waals surface area contributed by atoms with Gasteiger partial charge < -0.3 is 10.0 Å². The lowest BCUT2D eigenvalue weighted by Gasteiger charge is -2.36. The molecule has 0 aliphatic carbocycles. The average molecular weight is 296 g/mol. The van der Waals surface area contributed by atoms with Crippen LogP contribution in [-0.2, 0) is 0 Å². The number of nitrogens with zero attached hydrogens (tertiary/aromatic N) is 2. The predicted octanol–water partition coefficient (Wildman–Crippen LogP) is 2.62. The number of carboxylic acid groups (broad SMARTS) is 1. The first-order valence-corrected chi connectivity index (χ1v) is 7.25. The zero-order chi connectivity index (χ0) is 14.9. The third kappa shape index (κ3) is 3.04. The zero-order valence-corrected chi connectivity index (χ0v) is 12.1. The van der Waals surface area contributed by atoms with Gasteiger partial charge in [-0.3, -0.25) is 10.1 Å². The van der Waals surface area contributed by atoms with Gasteiger partial charge in [0.15, 0.2) is 0 Å².